The molecule has 0 spiro atoms. The number of aromatic nitrogens is 2. The Morgan fingerprint density at radius 2 is 1.92 bits per heavy atom. The third kappa shape index (κ3) is 4.14. The van der Waals surface area contributed by atoms with Crippen LogP contribution in [-0.4, -0.2) is 32.7 Å². The fourth-order valence-electron chi connectivity index (χ4n) is 4.86. The molecule has 3 aromatic carbocycles. The predicted molar refractivity (Wildman–Crippen MR) is 140 cm³/mol. The minimum atomic E-state index is -0.439. The van der Waals surface area contributed by atoms with E-state index in [1.54, 1.807) is 17.0 Å². The molecule has 1 amide bonds. The number of nitrogens with zero attached hydrogens (tertiary/aromatic N) is 2. The lowest BCUT2D eigenvalue weighted by Gasteiger charge is -2.27. The summed E-state index contributed by atoms with van der Waals surface area (Å²) in [6.07, 6.45) is 1.69. The fraction of sp³-hybridized carbons (Fsp3) is 0.172. The first kappa shape index (κ1) is 23.7. The number of phenolic OH excluding ortho intramolecular Hbond substituents is 1. The summed E-state index contributed by atoms with van der Waals surface area (Å²) < 4.78 is 5.65. The van der Waals surface area contributed by atoms with Gasteiger partial charge in [0.1, 0.15) is 29.5 Å². The summed E-state index contributed by atoms with van der Waals surface area (Å²) in [5.74, 6) is 0.663. The van der Waals surface area contributed by atoms with Crippen molar-refractivity contribution in [2.45, 2.75) is 26.4 Å². The molecule has 0 radical (unpaired) electrons. The fourth-order valence-corrected chi connectivity index (χ4v) is 5.06. The summed E-state index contributed by atoms with van der Waals surface area (Å²) in [5, 5.41) is 18.9. The zero-order valence-electron chi connectivity index (χ0n) is 20.1. The number of hydrogen-bond donors (Lipinski definition) is 2. The number of amides is 1. The molecule has 0 saturated heterocycles. The Morgan fingerprint density at radius 1 is 1.17 bits per heavy atom. The normalized spacial score (nSPS) is 14.7. The Hall–Kier alpha value is -4.03. The molecule has 0 aliphatic carbocycles. The smallest absolute Gasteiger partial charge is 0.273 e. The number of aromatic amines is 1. The number of halogens is 1. The molecule has 2 heterocycles. The van der Waals surface area contributed by atoms with Crippen LogP contribution in [0.25, 0.3) is 11.3 Å². The van der Waals surface area contributed by atoms with Gasteiger partial charge in [0.2, 0.25) is 0 Å². The molecule has 36 heavy (non-hydrogen) atoms. The Bertz CT molecular complexity index is 1440. The zero-order valence-corrected chi connectivity index (χ0v) is 20.8. The predicted octanol–water partition coefficient (Wildman–Crippen LogP) is 6.36. The summed E-state index contributed by atoms with van der Waals surface area (Å²) in [4.78, 5) is 15.5. The van der Waals surface area contributed by atoms with Gasteiger partial charge in [0.15, 0.2) is 0 Å². The number of H-pyrrole nitrogens is 1. The number of fused-ring (bicyclic) bond motifs is 1. The minimum Gasteiger partial charge on any atom is -0.507 e. The highest BCUT2D eigenvalue weighted by Crippen LogP contribution is 2.46. The number of rotatable bonds is 7. The number of hydrogen-bond acceptors (Lipinski definition) is 4. The molecule has 0 fully saturated rings. The first-order valence-corrected chi connectivity index (χ1v) is 12.0. The molecular formula is C29H26ClN3O3. The monoisotopic (exact) mass is 499 g/mol. The quantitative estimate of drug-likeness (QED) is 0.290. The van der Waals surface area contributed by atoms with E-state index in [0.717, 1.165) is 27.8 Å². The number of phenols is 1. The van der Waals surface area contributed by atoms with E-state index in [0.29, 0.717) is 40.9 Å². The van der Waals surface area contributed by atoms with Crippen LogP contribution in [0.4, 0.5) is 0 Å². The SMILES string of the molecule is C=CCOc1ccc(C2c3c(-c4c(C)cc(C)cc4O)n[nH]c3C(=O)N2Cc2ccccc2Cl)cc1. The van der Waals surface area contributed by atoms with Gasteiger partial charge in [0, 0.05) is 22.7 Å². The Kier molecular flexibility index (Phi) is 6.29. The van der Waals surface area contributed by atoms with Gasteiger partial charge in [0.25, 0.3) is 5.91 Å². The van der Waals surface area contributed by atoms with E-state index in [1.807, 2.05) is 68.4 Å². The van der Waals surface area contributed by atoms with Crippen LogP contribution in [0.1, 0.15) is 44.3 Å². The number of aryl methyl sites for hydroxylation is 2. The highest BCUT2D eigenvalue weighted by molar-refractivity contribution is 6.31. The van der Waals surface area contributed by atoms with Crippen molar-refractivity contribution in [1.29, 1.82) is 0 Å². The lowest BCUT2D eigenvalue weighted by molar-refractivity contribution is 0.0730. The summed E-state index contributed by atoms with van der Waals surface area (Å²) in [6.45, 7) is 8.27. The van der Waals surface area contributed by atoms with E-state index in [9.17, 15) is 9.90 Å². The van der Waals surface area contributed by atoms with Crippen LogP contribution in [0.5, 0.6) is 11.5 Å². The maximum Gasteiger partial charge on any atom is 0.273 e. The van der Waals surface area contributed by atoms with Gasteiger partial charge in [-0.3, -0.25) is 9.89 Å². The molecule has 1 aliphatic heterocycles. The van der Waals surface area contributed by atoms with E-state index < -0.39 is 6.04 Å². The highest BCUT2D eigenvalue weighted by atomic mass is 35.5. The van der Waals surface area contributed by atoms with Crippen molar-refractivity contribution in [2.75, 3.05) is 6.61 Å². The second kappa shape index (κ2) is 9.55. The topological polar surface area (TPSA) is 78.5 Å². The van der Waals surface area contributed by atoms with Crippen molar-refractivity contribution in [3.05, 3.63) is 112 Å². The van der Waals surface area contributed by atoms with Crippen LogP contribution in [0.2, 0.25) is 5.02 Å². The van der Waals surface area contributed by atoms with Crippen molar-refractivity contribution in [2.24, 2.45) is 0 Å². The Morgan fingerprint density at radius 3 is 2.61 bits per heavy atom. The van der Waals surface area contributed by atoms with Crippen molar-refractivity contribution in [3.8, 4) is 22.8 Å². The number of benzene rings is 3. The van der Waals surface area contributed by atoms with Gasteiger partial charge in [-0.15, -0.1) is 0 Å². The van der Waals surface area contributed by atoms with Crippen molar-refractivity contribution < 1.29 is 14.6 Å². The third-order valence-corrected chi connectivity index (χ3v) is 6.79. The lowest BCUT2D eigenvalue weighted by atomic mass is 9.93. The van der Waals surface area contributed by atoms with Crippen LogP contribution in [-0.2, 0) is 6.54 Å². The van der Waals surface area contributed by atoms with Crippen molar-refractivity contribution in [1.82, 2.24) is 15.1 Å². The average Bonchev–Trinajstić information content (AvgIpc) is 3.38. The van der Waals surface area contributed by atoms with E-state index in [1.165, 1.54) is 0 Å². The summed E-state index contributed by atoms with van der Waals surface area (Å²) in [5.41, 5.74) is 5.88. The first-order valence-electron chi connectivity index (χ1n) is 11.7. The molecule has 1 aliphatic rings. The molecule has 7 heteroatoms. The number of carbonyl (C=O) groups excluding carboxylic acids is 1. The van der Waals surface area contributed by atoms with Crippen LogP contribution in [0, 0.1) is 13.8 Å². The second-order valence-corrected chi connectivity index (χ2v) is 9.34. The molecule has 0 bridgehead atoms. The standard InChI is InChI=1S/C29H26ClN3O3/c1-4-13-36-21-11-9-19(10-12-21)28-25-26(24-18(3)14-17(2)15-23(24)34)31-32-27(25)29(35)33(28)16-20-7-5-6-8-22(20)30/h4-12,14-15,28,34H,1,13,16H2,2-3H3,(H,31,32). The molecule has 0 saturated carbocycles. The van der Waals surface area contributed by atoms with Crippen molar-refractivity contribution >= 4 is 17.5 Å². The van der Waals surface area contributed by atoms with Crippen molar-refractivity contribution in [3.63, 3.8) is 0 Å². The molecular weight excluding hydrogens is 474 g/mol. The Labute approximate surface area is 214 Å². The van der Waals surface area contributed by atoms with Gasteiger partial charge in [0.05, 0.1) is 6.04 Å². The third-order valence-electron chi connectivity index (χ3n) is 6.42. The minimum absolute atomic E-state index is 0.130. The first-order chi connectivity index (χ1) is 17.4. The number of nitrogens with one attached hydrogen (secondary N) is 1. The number of ether oxygens (including phenoxy) is 1. The molecule has 182 valence electrons. The number of carbonyl (C=O) groups is 1. The summed E-state index contributed by atoms with van der Waals surface area (Å²) >= 11 is 6.47. The highest BCUT2D eigenvalue weighted by Gasteiger charge is 2.43. The molecule has 1 unspecified atom stereocenters. The number of aromatic hydroxyl groups is 1. The van der Waals surface area contributed by atoms with Crippen LogP contribution in [0.15, 0.2) is 73.3 Å². The molecule has 1 atom stereocenters. The maximum atomic E-state index is 13.7. The van der Waals surface area contributed by atoms with Gasteiger partial charge >= 0.3 is 0 Å². The maximum absolute atomic E-state index is 13.7. The van der Waals surface area contributed by atoms with Gasteiger partial charge in [-0.05, 0) is 60.4 Å². The molecule has 2 N–H and O–H groups in total. The average molecular weight is 500 g/mol. The van der Waals surface area contributed by atoms with Gasteiger partial charge in [-0.25, -0.2) is 0 Å². The second-order valence-electron chi connectivity index (χ2n) is 8.93. The van der Waals surface area contributed by atoms with Crippen LogP contribution >= 0.6 is 11.6 Å². The molecule has 4 aromatic rings. The van der Waals surface area contributed by atoms with Crippen LogP contribution in [0.3, 0.4) is 0 Å². The van der Waals surface area contributed by atoms with E-state index >= 15 is 0 Å². The van der Waals surface area contributed by atoms with Gasteiger partial charge in [-0.2, -0.15) is 5.10 Å². The summed E-state index contributed by atoms with van der Waals surface area (Å²) in [6, 6.07) is 18.4. The molecule has 1 aromatic heterocycles. The van der Waals surface area contributed by atoms with E-state index in [-0.39, 0.29) is 11.7 Å². The van der Waals surface area contributed by atoms with Crippen LogP contribution < -0.4 is 4.74 Å². The zero-order chi connectivity index (χ0) is 25.4. The van der Waals surface area contributed by atoms with Gasteiger partial charge in [-0.1, -0.05) is 60.7 Å². The van der Waals surface area contributed by atoms with E-state index in [2.05, 4.69) is 16.8 Å². The van der Waals surface area contributed by atoms with E-state index in [4.69, 9.17) is 16.3 Å². The lowest BCUT2D eigenvalue weighted by Crippen LogP contribution is -2.29. The molecule has 6 nitrogen and oxygen atoms in total. The van der Waals surface area contributed by atoms with Gasteiger partial charge < -0.3 is 14.7 Å². The Balaban J connectivity index is 1.65. The molecule has 5 rings (SSSR count). The largest absolute Gasteiger partial charge is 0.507 e. The summed E-state index contributed by atoms with van der Waals surface area (Å²) in [7, 11) is 0.